The van der Waals surface area contributed by atoms with Gasteiger partial charge < -0.3 is 26.0 Å². The van der Waals surface area contributed by atoms with Crippen LogP contribution in [-0.2, 0) is 6.18 Å². The molecular formula is C26H22ClF3N6O2. The summed E-state index contributed by atoms with van der Waals surface area (Å²) >= 11 is 5.61. The molecule has 12 heteroatoms. The molecule has 0 fully saturated rings. The van der Waals surface area contributed by atoms with Crippen LogP contribution in [0.25, 0.3) is 0 Å². The first-order valence-corrected chi connectivity index (χ1v) is 11.6. The number of urea groups is 1. The number of hydrogen-bond acceptors (Lipinski definition) is 6. The fourth-order valence-corrected chi connectivity index (χ4v) is 3.62. The van der Waals surface area contributed by atoms with Crippen LogP contribution in [0.2, 0.25) is 5.02 Å². The van der Waals surface area contributed by atoms with Crippen LogP contribution in [0.4, 0.5) is 52.5 Å². The van der Waals surface area contributed by atoms with E-state index in [0.29, 0.717) is 23.1 Å². The SMILES string of the molecule is COc1ccc(Nc2cc(C)nc(Nc3ccc(NC(=O)Nc4ccc(Cl)c(C(F)(F)F)c4)cc3)n2)cc1. The van der Waals surface area contributed by atoms with E-state index in [2.05, 4.69) is 31.2 Å². The summed E-state index contributed by atoms with van der Waals surface area (Å²) in [5, 5.41) is 10.8. The second-order valence-electron chi connectivity index (χ2n) is 8.05. The Morgan fingerprint density at radius 2 is 1.39 bits per heavy atom. The molecule has 0 aliphatic heterocycles. The lowest BCUT2D eigenvalue weighted by molar-refractivity contribution is -0.137. The van der Waals surface area contributed by atoms with Gasteiger partial charge in [-0.25, -0.2) is 9.78 Å². The zero-order valence-corrected chi connectivity index (χ0v) is 20.9. The number of halogens is 4. The van der Waals surface area contributed by atoms with Crippen molar-refractivity contribution in [2.75, 3.05) is 28.4 Å². The number of nitrogens with zero attached hydrogens (tertiary/aromatic N) is 2. The number of amides is 2. The lowest BCUT2D eigenvalue weighted by Gasteiger charge is -2.13. The molecule has 0 bridgehead atoms. The van der Waals surface area contributed by atoms with E-state index in [1.807, 2.05) is 31.2 Å². The average Bonchev–Trinajstić information content (AvgIpc) is 2.86. The van der Waals surface area contributed by atoms with E-state index in [9.17, 15) is 18.0 Å². The molecule has 0 aliphatic carbocycles. The molecule has 0 radical (unpaired) electrons. The number of methoxy groups -OCH3 is 1. The molecule has 0 saturated carbocycles. The Balaban J connectivity index is 1.38. The normalized spacial score (nSPS) is 11.0. The quantitative estimate of drug-likeness (QED) is 0.192. The Kier molecular flexibility index (Phi) is 7.87. The van der Waals surface area contributed by atoms with Crippen molar-refractivity contribution in [3.8, 4) is 5.75 Å². The number of hydrogen-bond donors (Lipinski definition) is 4. The third kappa shape index (κ3) is 7.04. The summed E-state index contributed by atoms with van der Waals surface area (Å²) in [5.41, 5.74) is 1.57. The summed E-state index contributed by atoms with van der Waals surface area (Å²) in [4.78, 5) is 21.2. The van der Waals surface area contributed by atoms with E-state index in [-0.39, 0.29) is 5.69 Å². The van der Waals surface area contributed by atoms with Crippen molar-refractivity contribution in [2.24, 2.45) is 0 Å². The predicted octanol–water partition coefficient (Wildman–Crippen LogP) is 7.60. The standard InChI is InChI=1S/C26H22ClF3N6O2/c1-15-13-23(32-16-7-10-20(38-2)11-8-16)36-24(31-15)33-17-3-5-18(6-4-17)34-25(37)35-19-9-12-22(27)21(14-19)26(28,29)30/h3-14H,1-2H3,(H2,34,35,37)(H2,31,32,33,36). The number of ether oxygens (including phenoxy) is 1. The zero-order chi connectivity index (χ0) is 27.3. The fraction of sp³-hybridized carbons (Fsp3) is 0.115. The van der Waals surface area contributed by atoms with Gasteiger partial charge in [-0.1, -0.05) is 11.6 Å². The Bertz CT molecular complexity index is 1430. The van der Waals surface area contributed by atoms with Crippen LogP contribution in [-0.4, -0.2) is 23.1 Å². The Hall–Kier alpha value is -4.51. The van der Waals surface area contributed by atoms with Crippen molar-refractivity contribution in [1.29, 1.82) is 0 Å². The molecule has 0 atom stereocenters. The minimum absolute atomic E-state index is 0.0480. The van der Waals surface area contributed by atoms with Gasteiger partial charge in [-0.3, -0.25) is 0 Å². The second-order valence-corrected chi connectivity index (χ2v) is 8.45. The first kappa shape index (κ1) is 26.6. The first-order valence-electron chi connectivity index (χ1n) is 11.2. The molecule has 4 rings (SSSR count). The van der Waals surface area contributed by atoms with Crippen molar-refractivity contribution in [1.82, 2.24) is 9.97 Å². The van der Waals surface area contributed by atoms with Gasteiger partial charge in [0.2, 0.25) is 5.95 Å². The van der Waals surface area contributed by atoms with Crippen LogP contribution < -0.4 is 26.0 Å². The van der Waals surface area contributed by atoms with E-state index in [4.69, 9.17) is 16.3 Å². The van der Waals surface area contributed by atoms with Crippen LogP contribution in [0.15, 0.2) is 72.8 Å². The number of anilines is 6. The maximum atomic E-state index is 13.0. The highest BCUT2D eigenvalue weighted by Gasteiger charge is 2.33. The highest BCUT2D eigenvalue weighted by atomic mass is 35.5. The third-order valence-corrected chi connectivity index (χ3v) is 5.47. The van der Waals surface area contributed by atoms with Crippen LogP contribution >= 0.6 is 11.6 Å². The molecule has 0 saturated heterocycles. The molecule has 4 N–H and O–H groups in total. The van der Waals surface area contributed by atoms with Crippen LogP contribution in [0, 0.1) is 6.92 Å². The van der Waals surface area contributed by atoms with E-state index in [0.717, 1.165) is 29.3 Å². The predicted molar refractivity (Wildman–Crippen MR) is 142 cm³/mol. The lowest BCUT2D eigenvalue weighted by Crippen LogP contribution is -2.20. The number of carbonyl (C=O) groups is 1. The minimum Gasteiger partial charge on any atom is -0.497 e. The highest BCUT2D eigenvalue weighted by molar-refractivity contribution is 6.31. The van der Waals surface area contributed by atoms with Gasteiger partial charge in [0.1, 0.15) is 11.6 Å². The number of rotatable bonds is 7. The number of alkyl halides is 3. The van der Waals surface area contributed by atoms with Gasteiger partial charge in [0.25, 0.3) is 0 Å². The number of carbonyl (C=O) groups excluding carboxylic acids is 1. The Labute approximate surface area is 221 Å². The Morgan fingerprint density at radius 1 is 0.816 bits per heavy atom. The van der Waals surface area contributed by atoms with Crippen LogP contribution in [0.5, 0.6) is 5.75 Å². The van der Waals surface area contributed by atoms with Gasteiger partial charge in [-0.2, -0.15) is 18.2 Å². The van der Waals surface area contributed by atoms with Crippen molar-refractivity contribution in [2.45, 2.75) is 13.1 Å². The number of benzene rings is 3. The molecule has 3 aromatic carbocycles. The maximum absolute atomic E-state index is 13.0. The molecular weight excluding hydrogens is 521 g/mol. The first-order chi connectivity index (χ1) is 18.1. The molecule has 1 aromatic heterocycles. The summed E-state index contributed by atoms with van der Waals surface area (Å²) in [5.74, 6) is 1.70. The molecule has 2 amide bonds. The molecule has 4 aromatic rings. The zero-order valence-electron chi connectivity index (χ0n) is 20.2. The van der Waals surface area contributed by atoms with Crippen molar-refractivity contribution >= 4 is 52.1 Å². The molecule has 38 heavy (non-hydrogen) atoms. The van der Waals surface area contributed by atoms with Gasteiger partial charge in [-0.15, -0.1) is 0 Å². The van der Waals surface area contributed by atoms with Crippen LogP contribution in [0.1, 0.15) is 11.3 Å². The van der Waals surface area contributed by atoms with E-state index in [1.165, 1.54) is 6.07 Å². The fourth-order valence-electron chi connectivity index (χ4n) is 3.39. The summed E-state index contributed by atoms with van der Waals surface area (Å²) < 4.78 is 44.3. The van der Waals surface area contributed by atoms with Crippen molar-refractivity contribution < 1.29 is 22.7 Å². The minimum atomic E-state index is -4.64. The van der Waals surface area contributed by atoms with Gasteiger partial charge in [-0.05, 0) is 73.7 Å². The van der Waals surface area contributed by atoms with E-state index in [1.54, 1.807) is 37.4 Å². The van der Waals surface area contributed by atoms with Gasteiger partial charge in [0, 0.05) is 34.5 Å². The number of nitrogens with one attached hydrogen (secondary N) is 4. The molecule has 0 spiro atoms. The molecule has 8 nitrogen and oxygen atoms in total. The summed E-state index contributed by atoms with van der Waals surface area (Å²) in [6.07, 6.45) is -4.64. The van der Waals surface area contributed by atoms with Crippen LogP contribution in [0.3, 0.4) is 0 Å². The monoisotopic (exact) mass is 542 g/mol. The molecule has 1 heterocycles. The number of aromatic nitrogens is 2. The summed E-state index contributed by atoms with van der Waals surface area (Å²) in [6.45, 7) is 1.84. The van der Waals surface area contributed by atoms with Gasteiger partial charge in [0.05, 0.1) is 17.7 Å². The molecule has 0 aliphatic rings. The van der Waals surface area contributed by atoms with Gasteiger partial charge >= 0.3 is 12.2 Å². The summed E-state index contributed by atoms with van der Waals surface area (Å²) in [6, 6.07) is 18.3. The van der Waals surface area contributed by atoms with Gasteiger partial charge in [0.15, 0.2) is 0 Å². The topological polar surface area (TPSA) is 100 Å². The Morgan fingerprint density at radius 3 is 2.05 bits per heavy atom. The van der Waals surface area contributed by atoms with E-state index < -0.39 is 22.8 Å². The largest absolute Gasteiger partial charge is 0.497 e. The number of aryl methyl sites for hydroxylation is 1. The average molecular weight is 543 g/mol. The second kappa shape index (κ2) is 11.3. The molecule has 0 unspecified atom stereocenters. The summed E-state index contributed by atoms with van der Waals surface area (Å²) in [7, 11) is 1.60. The van der Waals surface area contributed by atoms with Crippen molar-refractivity contribution in [3.63, 3.8) is 0 Å². The third-order valence-electron chi connectivity index (χ3n) is 5.15. The lowest BCUT2D eigenvalue weighted by atomic mass is 10.2. The highest BCUT2D eigenvalue weighted by Crippen LogP contribution is 2.36. The van der Waals surface area contributed by atoms with E-state index >= 15 is 0 Å². The molecule has 196 valence electrons. The van der Waals surface area contributed by atoms with Crippen molar-refractivity contribution in [3.05, 3.63) is 89.1 Å². The maximum Gasteiger partial charge on any atom is 0.417 e. The smallest absolute Gasteiger partial charge is 0.417 e.